The Morgan fingerprint density at radius 3 is 2.47 bits per heavy atom. The Morgan fingerprint density at radius 2 is 1.77 bits per heavy atom. The number of hydrogen-bond acceptors (Lipinski definition) is 5. The minimum absolute atomic E-state index is 0.0134. The fourth-order valence-corrected chi connectivity index (χ4v) is 3.26. The van der Waals surface area contributed by atoms with Gasteiger partial charge in [0.15, 0.2) is 0 Å². The maximum atomic E-state index is 12.5. The summed E-state index contributed by atoms with van der Waals surface area (Å²) in [6, 6.07) is 13.2. The van der Waals surface area contributed by atoms with Gasteiger partial charge in [-0.25, -0.2) is 0 Å². The number of rotatable bonds is 6. The summed E-state index contributed by atoms with van der Waals surface area (Å²) in [5.74, 6) is -0.934. The van der Waals surface area contributed by atoms with E-state index in [2.05, 4.69) is 16.2 Å². The van der Waals surface area contributed by atoms with E-state index in [4.69, 9.17) is 4.74 Å². The first-order valence-electron chi connectivity index (χ1n) is 9.71. The number of nitrogens with one attached hydrogen (secondary N) is 3. The van der Waals surface area contributed by atoms with Crippen molar-refractivity contribution >= 4 is 29.1 Å². The number of nitrogens with zero attached hydrogens (tertiary/aromatic N) is 1. The second-order valence-electron chi connectivity index (χ2n) is 7.34. The van der Waals surface area contributed by atoms with E-state index in [9.17, 15) is 14.4 Å². The number of hydrogen-bond donors (Lipinski definition) is 3. The molecule has 0 bridgehead atoms. The lowest BCUT2D eigenvalue weighted by Crippen LogP contribution is -2.47. The van der Waals surface area contributed by atoms with Crippen LogP contribution in [0.25, 0.3) is 0 Å². The summed E-state index contributed by atoms with van der Waals surface area (Å²) in [6.45, 7) is 4.14. The molecule has 3 amide bonds. The van der Waals surface area contributed by atoms with Crippen LogP contribution in [-0.4, -0.2) is 37.9 Å². The molecule has 0 saturated carbocycles. The van der Waals surface area contributed by atoms with Crippen LogP contribution in [0, 0.1) is 19.8 Å². The van der Waals surface area contributed by atoms with Crippen LogP contribution in [0.4, 0.5) is 11.4 Å². The molecule has 0 aromatic heterocycles. The van der Waals surface area contributed by atoms with Gasteiger partial charge in [0.25, 0.3) is 5.91 Å². The first-order chi connectivity index (χ1) is 14.4. The third kappa shape index (κ3) is 5.08. The molecule has 3 rings (SSSR count). The number of carbonyl (C=O) groups is 3. The summed E-state index contributed by atoms with van der Waals surface area (Å²) in [5.41, 5.74) is 8.37. The molecule has 1 heterocycles. The van der Waals surface area contributed by atoms with Gasteiger partial charge in [0.1, 0.15) is 5.75 Å². The van der Waals surface area contributed by atoms with Gasteiger partial charge in [-0.1, -0.05) is 23.8 Å². The fraction of sp³-hybridized carbons (Fsp3) is 0.318. The van der Waals surface area contributed by atoms with Crippen LogP contribution in [0.5, 0.6) is 5.75 Å². The highest BCUT2D eigenvalue weighted by Crippen LogP contribution is 2.33. The van der Waals surface area contributed by atoms with Crippen molar-refractivity contribution in [3.8, 4) is 5.75 Å². The van der Waals surface area contributed by atoms with Gasteiger partial charge >= 0.3 is 0 Å². The third-order valence-electron chi connectivity index (χ3n) is 4.95. The van der Waals surface area contributed by atoms with E-state index in [0.29, 0.717) is 11.4 Å². The topological polar surface area (TPSA) is 99.8 Å². The number of benzene rings is 2. The second-order valence-corrected chi connectivity index (χ2v) is 7.34. The van der Waals surface area contributed by atoms with Crippen molar-refractivity contribution in [3.63, 3.8) is 0 Å². The molecule has 8 heteroatoms. The smallest absolute Gasteiger partial charge is 0.257 e. The van der Waals surface area contributed by atoms with Crippen LogP contribution in [0.2, 0.25) is 0 Å². The lowest BCUT2D eigenvalue weighted by Gasteiger charge is -2.20. The minimum Gasteiger partial charge on any atom is -0.495 e. The molecule has 1 fully saturated rings. The van der Waals surface area contributed by atoms with E-state index < -0.39 is 11.8 Å². The average molecular weight is 410 g/mol. The van der Waals surface area contributed by atoms with E-state index in [1.165, 1.54) is 0 Å². The molecule has 1 aliphatic heterocycles. The fourth-order valence-electron chi connectivity index (χ4n) is 3.26. The zero-order chi connectivity index (χ0) is 21.7. The van der Waals surface area contributed by atoms with Crippen molar-refractivity contribution in [1.82, 2.24) is 10.9 Å². The zero-order valence-electron chi connectivity index (χ0n) is 17.3. The van der Waals surface area contributed by atoms with Gasteiger partial charge < -0.3 is 15.0 Å². The predicted octanol–water partition coefficient (Wildman–Crippen LogP) is 1.92. The highest BCUT2D eigenvalue weighted by Gasteiger charge is 2.36. The maximum Gasteiger partial charge on any atom is 0.257 e. The van der Waals surface area contributed by atoms with Crippen molar-refractivity contribution in [1.29, 1.82) is 0 Å². The zero-order valence-corrected chi connectivity index (χ0v) is 17.3. The largest absolute Gasteiger partial charge is 0.495 e. The Morgan fingerprint density at radius 1 is 1.07 bits per heavy atom. The lowest BCUT2D eigenvalue weighted by molar-refractivity contribution is -0.130. The van der Waals surface area contributed by atoms with E-state index in [1.807, 2.05) is 50.2 Å². The van der Waals surface area contributed by atoms with Crippen molar-refractivity contribution in [2.45, 2.75) is 20.3 Å². The first kappa shape index (κ1) is 21.2. The normalized spacial score (nSPS) is 15.6. The van der Waals surface area contributed by atoms with Gasteiger partial charge in [0, 0.05) is 18.7 Å². The Balaban J connectivity index is 1.51. The molecule has 0 aliphatic carbocycles. The van der Waals surface area contributed by atoms with Gasteiger partial charge in [-0.05, 0) is 43.7 Å². The Kier molecular flexibility index (Phi) is 6.56. The summed E-state index contributed by atoms with van der Waals surface area (Å²) in [5, 5.41) is 2.98. The van der Waals surface area contributed by atoms with Crippen molar-refractivity contribution < 1.29 is 19.1 Å². The van der Waals surface area contributed by atoms with Crippen LogP contribution in [0.15, 0.2) is 42.5 Å². The third-order valence-corrected chi connectivity index (χ3v) is 4.95. The Labute approximate surface area is 175 Å². The predicted molar refractivity (Wildman–Crippen MR) is 114 cm³/mol. The molecule has 2 aromatic rings. The van der Waals surface area contributed by atoms with Crippen LogP contribution >= 0.6 is 0 Å². The molecule has 1 unspecified atom stereocenters. The average Bonchev–Trinajstić information content (AvgIpc) is 3.13. The number of carbonyl (C=O) groups excluding carboxylic acids is 3. The van der Waals surface area contributed by atoms with Gasteiger partial charge in [-0.2, -0.15) is 0 Å². The number of ether oxygens (including phenoxy) is 1. The highest BCUT2D eigenvalue weighted by atomic mass is 16.5. The number of hydrazine groups is 1. The van der Waals surface area contributed by atoms with Gasteiger partial charge in [-0.15, -0.1) is 0 Å². The van der Waals surface area contributed by atoms with Crippen molar-refractivity contribution in [3.05, 3.63) is 53.6 Å². The molecule has 3 N–H and O–H groups in total. The van der Waals surface area contributed by atoms with Crippen LogP contribution in [0.1, 0.15) is 17.5 Å². The molecule has 1 atom stereocenters. The number of amides is 3. The molecule has 2 aromatic carbocycles. The Bertz CT molecular complexity index is 943. The number of methoxy groups -OCH3 is 1. The van der Waals surface area contributed by atoms with Gasteiger partial charge in [-0.3, -0.25) is 25.2 Å². The minimum atomic E-state index is -0.562. The molecule has 0 radical (unpaired) electrons. The van der Waals surface area contributed by atoms with E-state index in [0.717, 1.165) is 16.8 Å². The van der Waals surface area contributed by atoms with Crippen LogP contribution in [0.3, 0.4) is 0 Å². The summed E-state index contributed by atoms with van der Waals surface area (Å²) < 4.78 is 5.35. The second kappa shape index (κ2) is 9.30. The van der Waals surface area contributed by atoms with Crippen LogP contribution in [-0.2, 0) is 14.4 Å². The molecule has 30 heavy (non-hydrogen) atoms. The standard InChI is InChI=1S/C22H26N4O4/c1-14-4-7-17(8-5-14)23-12-20(27)24-25-22(29)16-11-21(28)26(13-16)18-10-15(2)6-9-19(18)30-3/h4-10,16,23H,11-13H2,1-3H3,(H,24,27)(H,25,29). The summed E-state index contributed by atoms with van der Waals surface area (Å²) >= 11 is 0. The monoisotopic (exact) mass is 410 g/mol. The number of anilines is 2. The lowest BCUT2D eigenvalue weighted by atomic mass is 10.1. The molecule has 0 spiro atoms. The van der Waals surface area contributed by atoms with Gasteiger partial charge in [0.2, 0.25) is 11.8 Å². The summed E-state index contributed by atoms with van der Waals surface area (Å²) in [4.78, 5) is 38.5. The molecule has 8 nitrogen and oxygen atoms in total. The SMILES string of the molecule is COc1ccc(C)cc1N1CC(C(=O)NNC(=O)CNc2ccc(C)cc2)CC1=O. The highest BCUT2D eigenvalue weighted by molar-refractivity contribution is 6.01. The maximum absolute atomic E-state index is 12.5. The van der Waals surface area contributed by atoms with E-state index in [-0.39, 0.29) is 31.3 Å². The van der Waals surface area contributed by atoms with E-state index >= 15 is 0 Å². The van der Waals surface area contributed by atoms with Gasteiger partial charge in [0.05, 0.1) is 25.3 Å². The molecule has 1 aliphatic rings. The van der Waals surface area contributed by atoms with E-state index in [1.54, 1.807) is 18.1 Å². The summed E-state index contributed by atoms with van der Waals surface area (Å²) in [7, 11) is 1.54. The molecular formula is C22H26N4O4. The van der Waals surface area contributed by atoms with Crippen LogP contribution < -0.4 is 25.8 Å². The van der Waals surface area contributed by atoms with Crippen molar-refractivity contribution in [2.75, 3.05) is 30.4 Å². The Hall–Kier alpha value is -3.55. The molecular weight excluding hydrogens is 384 g/mol. The summed E-state index contributed by atoms with van der Waals surface area (Å²) in [6.07, 6.45) is 0.0699. The van der Waals surface area contributed by atoms with Crippen molar-refractivity contribution in [2.24, 2.45) is 5.92 Å². The number of aryl methyl sites for hydroxylation is 2. The molecule has 158 valence electrons. The first-order valence-corrected chi connectivity index (χ1v) is 9.71. The molecule has 1 saturated heterocycles. The quantitative estimate of drug-likeness (QED) is 0.632.